The van der Waals surface area contributed by atoms with E-state index in [-0.39, 0.29) is 10.4 Å². The molecule has 0 atom stereocenters. The van der Waals surface area contributed by atoms with Gasteiger partial charge in [-0.1, -0.05) is 22.9 Å². The highest BCUT2D eigenvalue weighted by Gasteiger charge is 2.04. The Labute approximate surface area is 127 Å². The number of halogens is 1. The van der Waals surface area contributed by atoms with Gasteiger partial charge >= 0.3 is 4.87 Å². The van der Waals surface area contributed by atoms with E-state index in [1.807, 2.05) is 0 Å². The van der Waals surface area contributed by atoms with Crippen LogP contribution in [-0.4, -0.2) is 15.0 Å². The molecule has 0 saturated heterocycles. The van der Waals surface area contributed by atoms with Gasteiger partial charge in [-0.15, -0.1) is 0 Å². The zero-order chi connectivity index (χ0) is 14.8. The summed E-state index contributed by atoms with van der Waals surface area (Å²) in [7, 11) is 0. The smallest absolute Gasteiger partial charge is 0.304 e. The van der Waals surface area contributed by atoms with E-state index in [4.69, 9.17) is 11.6 Å². The highest BCUT2D eigenvalue weighted by Crippen LogP contribution is 2.14. The molecule has 3 rings (SSSR count). The molecule has 0 fully saturated rings. The highest BCUT2D eigenvalue weighted by atomic mass is 35.5. The van der Waals surface area contributed by atoms with E-state index in [1.54, 1.807) is 23.6 Å². The Kier molecular flexibility index (Phi) is 3.87. The Bertz CT molecular complexity index is 899. The summed E-state index contributed by atoms with van der Waals surface area (Å²) in [5.41, 5.74) is 1.17. The van der Waals surface area contributed by atoms with Crippen molar-refractivity contribution in [3.8, 4) is 0 Å². The number of H-pyrrole nitrogens is 2. The van der Waals surface area contributed by atoms with Crippen LogP contribution in [0.5, 0.6) is 0 Å². The number of nitrogens with one attached hydrogen (secondary N) is 3. The first-order valence-electron chi connectivity index (χ1n) is 6.18. The van der Waals surface area contributed by atoms with Gasteiger partial charge in [0.2, 0.25) is 0 Å². The number of rotatable bonds is 4. The van der Waals surface area contributed by atoms with Gasteiger partial charge in [-0.05, 0) is 18.2 Å². The summed E-state index contributed by atoms with van der Waals surface area (Å²) in [6.07, 6.45) is 0. The van der Waals surface area contributed by atoms with Crippen LogP contribution in [0.2, 0.25) is 5.02 Å². The summed E-state index contributed by atoms with van der Waals surface area (Å²) >= 11 is 7.03. The van der Waals surface area contributed by atoms with Crippen molar-refractivity contribution in [3.05, 3.63) is 60.1 Å². The lowest BCUT2D eigenvalue weighted by Crippen LogP contribution is -2.19. The minimum absolute atomic E-state index is 0.0846. The van der Waals surface area contributed by atoms with Gasteiger partial charge in [0.1, 0.15) is 5.82 Å². The van der Waals surface area contributed by atoms with Gasteiger partial charge in [0.15, 0.2) is 0 Å². The van der Waals surface area contributed by atoms with E-state index in [0.717, 1.165) is 17.0 Å². The summed E-state index contributed by atoms with van der Waals surface area (Å²) in [5, 5.41) is 5.91. The van der Waals surface area contributed by atoms with Crippen molar-refractivity contribution in [2.24, 2.45) is 0 Å². The minimum atomic E-state index is -0.197. The van der Waals surface area contributed by atoms with Crippen molar-refractivity contribution in [2.45, 2.75) is 13.1 Å². The SMILES string of the molecule is O=c1[nH]c(CNCc2nc3cc(Cl)ccc3c(=O)[nH]2)cs1. The van der Waals surface area contributed by atoms with Crippen molar-refractivity contribution in [1.82, 2.24) is 20.3 Å². The van der Waals surface area contributed by atoms with Crippen LogP contribution in [0.3, 0.4) is 0 Å². The summed E-state index contributed by atoms with van der Waals surface area (Å²) in [6.45, 7) is 0.881. The molecule has 0 aliphatic heterocycles. The average Bonchev–Trinajstić information content (AvgIpc) is 2.84. The maximum absolute atomic E-state index is 11.9. The van der Waals surface area contributed by atoms with Crippen LogP contribution < -0.4 is 15.7 Å². The van der Waals surface area contributed by atoms with Crippen LogP contribution in [0.4, 0.5) is 0 Å². The van der Waals surface area contributed by atoms with E-state index >= 15 is 0 Å². The molecule has 21 heavy (non-hydrogen) atoms. The summed E-state index contributed by atoms with van der Waals surface area (Å²) in [5.74, 6) is 0.521. The van der Waals surface area contributed by atoms with E-state index < -0.39 is 0 Å². The Morgan fingerprint density at radius 1 is 1.24 bits per heavy atom. The molecular formula is C13H11ClN4O2S. The normalized spacial score (nSPS) is 11.1. The largest absolute Gasteiger partial charge is 0.315 e. The van der Waals surface area contributed by atoms with E-state index in [1.165, 1.54) is 0 Å². The Morgan fingerprint density at radius 3 is 2.86 bits per heavy atom. The molecule has 2 aromatic heterocycles. The van der Waals surface area contributed by atoms with Gasteiger partial charge in [0, 0.05) is 22.6 Å². The van der Waals surface area contributed by atoms with Gasteiger partial charge in [0.05, 0.1) is 17.4 Å². The number of thiazole rings is 1. The number of hydrogen-bond acceptors (Lipinski definition) is 5. The van der Waals surface area contributed by atoms with Crippen LogP contribution in [0.25, 0.3) is 10.9 Å². The van der Waals surface area contributed by atoms with Gasteiger partial charge in [-0.25, -0.2) is 4.98 Å². The molecule has 0 aliphatic rings. The molecule has 0 spiro atoms. The summed E-state index contributed by atoms with van der Waals surface area (Å²) in [6, 6.07) is 4.97. The lowest BCUT2D eigenvalue weighted by atomic mass is 10.2. The molecular weight excluding hydrogens is 312 g/mol. The van der Waals surface area contributed by atoms with Crippen LogP contribution in [0.1, 0.15) is 11.5 Å². The first-order chi connectivity index (χ1) is 10.1. The van der Waals surface area contributed by atoms with E-state index in [9.17, 15) is 9.59 Å². The fourth-order valence-corrected chi connectivity index (χ4v) is 2.71. The van der Waals surface area contributed by atoms with Crippen molar-refractivity contribution >= 4 is 33.8 Å². The van der Waals surface area contributed by atoms with Crippen molar-refractivity contribution < 1.29 is 0 Å². The topological polar surface area (TPSA) is 90.6 Å². The number of hydrogen-bond donors (Lipinski definition) is 3. The molecule has 6 nitrogen and oxygen atoms in total. The Hall–Kier alpha value is -1.96. The second-order valence-electron chi connectivity index (χ2n) is 4.45. The maximum Gasteiger partial charge on any atom is 0.304 e. The van der Waals surface area contributed by atoms with Crippen LogP contribution >= 0.6 is 22.9 Å². The Morgan fingerprint density at radius 2 is 2.10 bits per heavy atom. The molecule has 0 aliphatic carbocycles. The summed E-state index contributed by atoms with van der Waals surface area (Å²) < 4.78 is 0. The zero-order valence-electron chi connectivity index (χ0n) is 10.8. The first-order valence-corrected chi connectivity index (χ1v) is 7.43. The minimum Gasteiger partial charge on any atom is -0.315 e. The maximum atomic E-state index is 11.9. The average molecular weight is 323 g/mol. The number of aromatic nitrogens is 3. The lowest BCUT2D eigenvalue weighted by Gasteiger charge is -2.04. The highest BCUT2D eigenvalue weighted by molar-refractivity contribution is 7.07. The van der Waals surface area contributed by atoms with Crippen molar-refractivity contribution in [1.29, 1.82) is 0 Å². The summed E-state index contributed by atoms with van der Waals surface area (Å²) in [4.78, 5) is 32.6. The number of fused-ring (bicyclic) bond motifs is 1. The lowest BCUT2D eigenvalue weighted by molar-refractivity contribution is 0.654. The van der Waals surface area contributed by atoms with Crippen LogP contribution in [-0.2, 0) is 13.1 Å². The van der Waals surface area contributed by atoms with Crippen LogP contribution in [0.15, 0.2) is 33.2 Å². The fraction of sp³-hybridized carbons (Fsp3) is 0.154. The molecule has 0 amide bonds. The molecule has 1 aromatic carbocycles. The third-order valence-corrected chi connectivity index (χ3v) is 3.85. The van der Waals surface area contributed by atoms with Gasteiger partial charge in [-0.3, -0.25) is 9.59 Å². The van der Waals surface area contributed by atoms with Gasteiger partial charge < -0.3 is 15.3 Å². The van der Waals surface area contributed by atoms with Gasteiger partial charge in [-0.2, -0.15) is 0 Å². The molecule has 3 aromatic rings. The zero-order valence-corrected chi connectivity index (χ0v) is 12.3. The molecule has 108 valence electrons. The third-order valence-electron chi connectivity index (χ3n) is 2.90. The third kappa shape index (κ3) is 3.21. The van der Waals surface area contributed by atoms with Crippen molar-refractivity contribution in [2.75, 3.05) is 0 Å². The van der Waals surface area contributed by atoms with Crippen molar-refractivity contribution in [3.63, 3.8) is 0 Å². The molecule has 0 unspecified atom stereocenters. The second kappa shape index (κ2) is 5.80. The van der Waals surface area contributed by atoms with Crippen LogP contribution in [0, 0.1) is 0 Å². The number of benzene rings is 1. The Balaban J connectivity index is 1.77. The van der Waals surface area contributed by atoms with E-state index in [2.05, 4.69) is 20.3 Å². The first kappa shape index (κ1) is 14.0. The second-order valence-corrected chi connectivity index (χ2v) is 5.73. The molecule has 0 bridgehead atoms. The van der Waals surface area contributed by atoms with Gasteiger partial charge in [0.25, 0.3) is 5.56 Å². The monoisotopic (exact) mass is 322 g/mol. The quantitative estimate of drug-likeness (QED) is 0.680. The molecule has 2 heterocycles. The predicted molar refractivity (Wildman–Crippen MR) is 82.9 cm³/mol. The fourth-order valence-electron chi connectivity index (χ4n) is 1.96. The number of aromatic amines is 2. The number of nitrogens with zero attached hydrogens (tertiary/aromatic N) is 1. The molecule has 8 heteroatoms. The van der Waals surface area contributed by atoms with E-state index in [0.29, 0.717) is 34.8 Å². The molecule has 3 N–H and O–H groups in total. The molecule has 0 radical (unpaired) electrons. The standard InChI is InChI=1S/C13H11ClN4O2S/c14-7-1-2-9-10(3-7)17-11(18-12(9)19)5-15-4-8-6-21-13(20)16-8/h1-3,6,15H,4-5H2,(H,16,20)(H,17,18,19). The molecule has 0 saturated carbocycles. The predicted octanol–water partition coefficient (Wildman–Crippen LogP) is 1.62.